The second-order valence-corrected chi connectivity index (χ2v) is 4.39. The lowest BCUT2D eigenvalue weighted by atomic mass is 10.1. The Morgan fingerprint density at radius 1 is 1.40 bits per heavy atom. The lowest BCUT2D eigenvalue weighted by Gasteiger charge is -2.20. The van der Waals surface area contributed by atoms with Crippen molar-refractivity contribution >= 4 is 11.4 Å². The standard InChI is InChI=1S/C12H16F3N3O2/c1-3-16-11-9(5-4-6-10(11)18(19)20)7-17(2)8-12(13,14)15/h4-6,16H,3,7-8H2,1-2H3. The highest BCUT2D eigenvalue weighted by atomic mass is 19.4. The number of nitro groups is 1. The Morgan fingerprint density at radius 2 is 2.05 bits per heavy atom. The van der Waals surface area contributed by atoms with Crippen LogP contribution in [0.5, 0.6) is 0 Å². The van der Waals surface area contributed by atoms with Crippen LogP contribution in [0.25, 0.3) is 0 Å². The van der Waals surface area contributed by atoms with Crippen molar-refractivity contribution in [3.8, 4) is 0 Å². The van der Waals surface area contributed by atoms with Crippen molar-refractivity contribution in [1.82, 2.24) is 4.90 Å². The van der Waals surface area contributed by atoms with Crippen LogP contribution < -0.4 is 5.32 Å². The SMILES string of the molecule is CCNc1c(CN(C)CC(F)(F)F)cccc1[N+](=O)[O-]. The number of hydrogen-bond acceptors (Lipinski definition) is 4. The topological polar surface area (TPSA) is 58.4 Å². The van der Waals surface area contributed by atoms with Gasteiger partial charge in [-0.1, -0.05) is 12.1 Å². The van der Waals surface area contributed by atoms with E-state index in [0.29, 0.717) is 12.1 Å². The van der Waals surface area contributed by atoms with Gasteiger partial charge in [-0.3, -0.25) is 15.0 Å². The molecule has 0 unspecified atom stereocenters. The molecule has 0 aliphatic heterocycles. The first-order valence-corrected chi connectivity index (χ1v) is 6.00. The number of nitro benzene ring substituents is 1. The second kappa shape index (κ2) is 6.56. The number of rotatable bonds is 6. The van der Waals surface area contributed by atoms with Gasteiger partial charge in [-0.15, -0.1) is 0 Å². The van der Waals surface area contributed by atoms with Crippen LogP contribution in [0, 0.1) is 10.1 Å². The summed E-state index contributed by atoms with van der Waals surface area (Å²) in [4.78, 5) is 11.5. The summed E-state index contributed by atoms with van der Waals surface area (Å²) in [5.41, 5.74) is 0.603. The maximum atomic E-state index is 12.3. The Hall–Kier alpha value is -1.83. The van der Waals surface area contributed by atoms with Gasteiger partial charge in [-0.05, 0) is 19.5 Å². The fraction of sp³-hybridized carbons (Fsp3) is 0.500. The van der Waals surface area contributed by atoms with Gasteiger partial charge < -0.3 is 5.32 Å². The van der Waals surface area contributed by atoms with Gasteiger partial charge in [0, 0.05) is 19.2 Å². The van der Waals surface area contributed by atoms with E-state index in [0.717, 1.165) is 4.90 Å². The molecule has 0 saturated heterocycles. The van der Waals surface area contributed by atoms with Crippen LogP contribution in [0.1, 0.15) is 12.5 Å². The molecular weight excluding hydrogens is 275 g/mol. The molecule has 0 radical (unpaired) electrons. The summed E-state index contributed by atoms with van der Waals surface area (Å²) in [5.74, 6) is 0. The van der Waals surface area contributed by atoms with E-state index >= 15 is 0 Å². The third kappa shape index (κ3) is 4.69. The van der Waals surface area contributed by atoms with E-state index < -0.39 is 17.6 Å². The summed E-state index contributed by atoms with van der Waals surface area (Å²) in [5, 5.41) is 13.8. The number of nitrogens with zero attached hydrogens (tertiary/aromatic N) is 2. The minimum atomic E-state index is -4.30. The van der Waals surface area contributed by atoms with Gasteiger partial charge >= 0.3 is 6.18 Å². The van der Waals surface area contributed by atoms with Crippen LogP contribution in [0.2, 0.25) is 0 Å². The van der Waals surface area contributed by atoms with Crippen molar-refractivity contribution in [3.63, 3.8) is 0 Å². The van der Waals surface area contributed by atoms with Crippen molar-refractivity contribution in [2.75, 3.05) is 25.5 Å². The molecule has 8 heteroatoms. The molecule has 0 aromatic heterocycles. The molecular formula is C12H16F3N3O2. The third-order valence-electron chi connectivity index (χ3n) is 2.57. The summed E-state index contributed by atoms with van der Waals surface area (Å²) >= 11 is 0. The number of hydrogen-bond donors (Lipinski definition) is 1. The molecule has 20 heavy (non-hydrogen) atoms. The van der Waals surface area contributed by atoms with Crippen molar-refractivity contribution < 1.29 is 18.1 Å². The number of anilines is 1. The van der Waals surface area contributed by atoms with E-state index in [4.69, 9.17) is 0 Å². The lowest BCUT2D eigenvalue weighted by molar-refractivity contribution is -0.384. The van der Waals surface area contributed by atoms with E-state index in [2.05, 4.69) is 5.32 Å². The quantitative estimate of drug-likeness (QED) is 0.646. The Balaban J connectivity index is 2.99. The number of alkyl halides is 3. The number of benzene rings is 1. The number of para-hydroxylation sites is 1. The first-order valence-electron chi connectivity index (χ1n) is 6.00. The molecule has 0 spiro atoms. The van der Waals surface area contributed by atoms with Crippen LogP contribution in [-0.4, -0.2) is 36.1 Å². The van der Waals surface area contributed by atoms with Gasteiger partial charge in [0.05, 0.1) is 11.5 Å². The highest BCUT2D eigenvalue weighted by Crippen LogP contribution is 2.29. The summed E-state index contributed by atoms with van der Waals surface area (Å²) in [6.45, 7) is 1.12. The predicted molar refractivity (Wildman–Crippen MR) is 69.6 cm³/mol. The average molecular weight is 291 g/mol. The molecule has 1 N–H and O–H groups in total. The second-order valence-electron chi connectivity index (χ2n) is 4.39. The van der Waals surface area contributed by atoms with Crippen LogP contribution >= 0.6 is 0 Å². The molecule has 0 atom stereocenters. The molecule has 0 saturated carbocycles. The smallest absolute Gasteiger partial charge is 0.380 e. The largest absolute Gasteiger partial charge is 0.401 e. The highest BCUT2D eigenvalue weighted by Gasteiger charge is 2.29. The fourth-order valence-electron chi connectivity index (χ4n) is 1.90. The monoisotopic (exact) mass is 291 g/mol. The van der Waals surface area contributed by atoms with Crippen LogP contribution in [0.15, 0.2) is 18.2 Å². The van der Waals surface area contributed by atoms with Crippen LogP contribution in [0.3, 0.4) is 0 Å². The van der Waals surface area contributed by atoms with E-state index in [-0.39, 0.29) is 17.9 Å². The predicted octanol–water partition coefficient (Wildman–Crippen LogP) is 3.02. The Labute approximate surface area is 114 Å². The van der Waals surface area contributed by atoms with Gasteiger partial charge in [-0.2, -0.15) is 13.2 Å². The minimum absolute atomic E-state index is 0.0243. The van der Waals surface area contributed by atoms with Gasteiger partial charge in [0.1, 0.15) is 5.69 Å². The fourth-order valence-corrected chi connectivity index (χ4v) is 1.90. The molecule has 0 aliphatic carbocycles. The molecule has 0 aliphatic rings. The molecule has 0 amide bonds. The highest BCUT2D eigenvalue weighted by molar-refractivity contribution is 5.66. The molecule has 1 rings (SSSR count). The Morgan fingerprint density at radius 3 is 2.55 bits per heavy atom. The van der Waals surface area contributed by atoms with Gasteiger partial charge in [0.25, 0.3) is 5.69 Å². The van der Waals surface area contributed by atoms with E-state index in [9.17, 15) is 23.3 Å². The minimum Gasteiger partial charge on any atom is -0.380 e. The molecule has 112 valence electrons. The third-order valence-corrected chi connectivity index (χ3v) is 2.57. The molecule has 0 bridgehead atoms. The maximum Gasteiger partial charge on any atom is 0.401 e. The van der Waals surface area contributed by atoms with Gasteiger partial charge in [0.15, 0.2) is 0 Å². The van der Waals surface area contributed by atoms with Crippen molar-refractivity contribution in [2.24, 2.45) is 0 Å². The summed E-state index contributed by atoms with van der Waals surface area (Å²) in [7, 11) is 1.32. The average Bonchev–Trinajstić information content (AvgIpc) is 2.28. The molecule has 0 fully saturated rings. The Kier molecular flexibility index (Phi) is 5.32. The Bertz CT molecular complexity index is 478. The zero-order valence-electron chi connectivity index (χ0n) is 11.2. The van der Waals surface area contributed by atoms with E-state index in [1.54, 1.807) is 13.0 Å². The zero-order valence-corrected chi connectivity index (χ0v) is 11.2. The van der Waals surface area contributed by atoms with Crippen LogP contribution in [0.4, 0.5) is 24.5 Å². The summed E-state index contributed by atoms with van der Waals surface area (Å²) < 4.78 is 36.9. The zero-order chi connectivity index (χ0) is 15.3. The van der Waals surface area contributed by atoms with Crippen LogP contribution in [-0.2, 0) is 6.54 Å². The lowest BCUT2D eigenvalue weighted by Crippen LogP contribution is -2.30. The van der Waals surface area contributed by atoms with Crippen molar-refractivity contribution in [3.05, 3.63) is 33.9 Å². The normalized spacial score (nSPS) is 11.7. The molecule has 0 heterocycles. The number of halogens is 3. The van der Waals surface area contributed by atoms with Crippen molar-refractivity contribution in [1.29, 1.82) is 0 Å². The molecule has 5 nitrogen and oxygen atoms in total. The molecule has 1 aromatic rings. The van der Waals surface area contributed by atoms with Crippen molar-refractivity contribution in [2.45, 2.75) is 19.6 Å². The maximum absolute atomic E-state index is 12.3. The van der Waals surface area contributed by atoms with E-state index in [1.807, 2.05) is 0 Å². The first kappa shape index (κ1) is 16.2. The molecule has 1 aromatic carbocycles. The summed E-state index contributed by atoms with van der Waals surface area (Å²) in [6, 6.07) is 4.37. The van der Waals surface area contributed by atoms with Gasteiger partial charge in [-0.25, -0.2) is 0 Å². The van der Waals surface area contributed by atoms with E-state index in [1.165, 1.54) is 19.2 Å². The summed E-state index contributed by atoms with van der Waals surface area (Å²) in [6.07, 6.45) is -4.30. The first-order chi connectivity index (χ1) is 9.24. The van der Waals surface area contributed by atoms with Gasteiger partial charge in [0.2, 0.25) is 0 Å². The number of nitrogens with one attached hydrogen (secondary N) is 1.